The number of amides is 1. The van der Waals surface area contributed by atoms with E-state index in [9.17, 15) is 64.9 Å². The van der Waals surface area contributed by atoms with E-state index in [4.69, 9.17) is 42.6 Å². The van der Waals surface area contributed by atoms with Gasteiger partial charge in [0.25, 0.3) is 0 Å². The van der Waals surface area contributed by atoms with Crippen LogP contribution in [0.15, 0.2) is 24.3 Å². The molecule has 3 aliphatic heterocycles. The van der Waals surface area contributed by atoms with Crippen molar-refractivity contribution in [3.8, 4) is 5.75 Å². The van der Waals surface area contributed by atoms with Crippen LogP contribution in [0, 0.1) is 0 Å². The number of hydrogen-bond acceptors (Lipinski definition) is 21. The van der Waals surface area contributed by atoms with Crippen molar-refractivity contribution in [1.29, 1.82) is 0 Å². The summed E-state index contributed by atoms with van der Waals surface area (Å²) in [6.45, 7) is -0.175. The maximum atomic E-state index is 12.7. The number of aliphatic hydroxyl groups excluding tert-OH is 9. The largest absolute Gasteiger partial charge is 0.486 e. The molecule has 7 unspecified atom stereocenters. The van der Waals surface area contributed by atoms with E-state index in [0.29, 0.717) is 43.4 Å². The lowest BCUT2D eigenvalue weighted by molar-refractivity contribution is -0.376. The van der Waals surface area contributed by atoms with Crippen LogP contribution in [0.5, 0.6) is 5.75 Å². The summed E-state index contributed by atoms with van der Waals surface area (Å²) in [6.07, 6.45) is -18.6. The molecule has 0 bridgehead atoms. The Morgan fingerprint density at radius 1 is 0.677 bits per heavy atom. The lowest BCUT2D eigenvalue weighted by Gasteiger charge is -2.48. The van der Waals surface area contributed by atoms with E-state index < -0.39 is 125 Å². The van der Waals surface area contributed by atoms with Gasteiger partial charge in [-0.1, -0.05) is 31.4 Å². The van der Waals surface area contributed by atoms with Crippen molar-refractivity contribution < 1.29 is 107 Å². The minimum Gasteiger partial charge on any atom is -0.486 e. The summed E-state index contributed by atoms with van der Waals surface area (Å²) in [5.74, 6) is -0.536. The lowest BCUT2D eigenvalue weighted by atomic mass is 9.95. The Morgan fingerprint density at radius 3 is 1.92 bits per heavy atom. The van der Waals surface area contributed by atoms with Crippen LogP contribution in [0.4, 0.5) is 0 Å². The van der Waals surface area contributed by atoms with Gasteiger partial charge in [0, 0.05) is 38.6 Å². The van der Waals surface area contributed by atoms with Gasteiger partial charge in [0.1, 0.15) is 85.5 Å². The van der Waals surface area contributed by atoms with Crippen LogP contribution >= 0.6 is 7.60 Å². The van der Waals surface area contributed by atoms with Crippen molar-refractivity contribution in [1.82, 2.24) is 5.32 Å². The summed E-state index contributed by atoms with van der Waals surface area (Å²) in [4.78, 5) is 46.8. The van der Waals surface area contributed by atoms with Crippen LogP contribution in [0.3, 0.4) is 0 Å². The zero-order valence-corrected chi connectivity index (χ0v) is 37.3. The predicted molar refractivity (Wildman–Crippen MR) is 221 cm³/mol. The van der Waals surface area contributed by atoms with Crippen LogP contribution < -0.4 is 10.1 Å². The van der Waals surface area contributed by atoms with Crippen molar-refractivity contribution >= 4 is 25.1 Å². The summed E-state index contributed by atoms with van der Waals surface area (Å²) < 4.78 is 55.8. The molecule has 0 radical (unpaired) electrons. The first-order valence-electron chi connectivity index (χ1n) is 21.7. The molecule has 0 saturated carbocycles. The number of ether oxygens (including phenoxy) is 7. The average molecular weight is 956 g/mol. The van der Waals surface area contributed by atoms with E-state index in [1.54, 1.807) is 24.3 Å². The van der Waals surface area contributed by atoms with Crippen molar-refractivity contribution in [3.05, 3.63) is 29.8 Å². The topological polar surface area (TPSA) is 356 Å². The summed E-state index contributed by atoms with van der Waals surface area (Å²) in [6, 6.07) is 5.24. The third kappa shape index (κ3) is 16.5. The van der Waals surface area contributed by atoms with E-state index >= 15 is 0 Å². The van der Waals surface area contributed by atoms with Crippen molar-refractivity contribution in [2.75, 3.05) is 46.3 Å². The first kappa shape index (κ1) is 55.0. The zero-order chi connectivity index (χ0) is 47.8. The molecule has 3 fully saturated rings. The van der Waals surface area contributed by atoms with E-state index in [1.165, 1.54) is 6.92 Å². The molecule has 65 heavy (non-hydrogen) atoms. The molecule has 0 spiro atoms. The van der Waals surface area contributed by atoms with Gasteiger partial charge in [0.05, 0.1) is 26.4 Å². The van der Waals surface area contributed by atoms with Gasteiger partial charge in [0.15, 0.2) is 30.4 Å². The third-order valence-corrected chi connectivity index (χ3v) is 11.7. The molecule has 0 aromatic heterocycles. The maximum absolute atomic E-state index is 12.7. The quantitative estimate of drug-likeness (QED) is 0.0252. The van der Waals surface area contributed by atoms with Crippen LogP contribution in [-0.2, 0) is 47.1 Å². The molecular formula is C41H66NO22P. The second-order valence-corrected chi connectivity index (χ2v) is 18.2. The molecule has 4 rings (SSSR count). The third-order valence-electron chi connectivity index (χ3n) is 11.0. The van der Waals surface area contributed by atoms with Gasteiger partial charge in [0.2, 0.25) is 5.91 Å². The summed E-state index contributed by atoms with van der Waals surface area (Å²) >= 11 is 0. The van der Waals surface area contributed by atoms with E-state index in [2.05, 4.69) is 5.32 Å². The number of Topliss-reactive ketones (excluding diaryl/α,β-unsaturated/α-hetero) is 2. The Bertz CT molecular complexity index is 1670. The molecule has 1 amide bonds. The van der Waals surface area contributed by atoms with Gasteiger partial charge < -0.3 is 93.9 Å². The molecule has 0 aliphatic carbocycles. The number of nitrogens with one attached hydrogen (secondary N) is 1. The highest BCUT2D eigenvalue weighted by molar-refractivity contribution is 7.51. The van der Waals surface area contributed by atoms with Gasteiger partial charge in [-0.3, -0.25) is 18.9 Å². The van der Waals surface area contributed by atoms with Crippen LogP contribution in [0.2, 0.25) is 0 Å². The number of carbonyl (C=O) groups excluding carboxylic acids is 3. The van der Waals surface area contributed by atoms with E-state index in [-0.39, 0.29) is 37.8 Å². The number of ketones is 2. The fourth-order valence-corrected chi connectivity index (χ4v) is 7.96. The minimum absolute atomic E-state index is 0.0207. The zero-order valence-electron chi connectivity index (χ0n) is 36.4. The number of benzene rings is 1. The van der Waals surface area contributed by atoms with Gasteiger partial charge in [-0.05, 0) is 37.8 Å². The molecule has 11 N–H and O–H groups in total. The molecule has 1 aromatic rings. The summed E-state index contributed by atoms with van der Waals surface area (Å²) in [7, 11) is -3.47. The van der Waals surface area contributed by atoms with Gasteiger partial charge >= 0.3 is 7.60 Å². The van der Waals surface area contributed by atoms with Crippen molar-refractivity contribution in [2.24, 2.45) is 0 Å². The van der Waals surface area contributed by atoms with E-state index in [1.807, 2.05) is 0 Å². The Kier molecular flexibility index (Phi) is 22.7. The first-order valence-corrected chi connectivity index (χ1v) is 23.7. The molecule has 23 nitrogen and oxygen atoms in total. The Morgan fingerprint density at radius 2 is 1.26 bits per heavy atom. The molecular weight excluding hydrogens is 889 g/mol. The minimum atomic E-state index is -3.47. The summed E-state index contributed by atoms with van der Waals surface area (Å²) in [5.41, 5.74) is 0.458. The Labute approximate surface area is 376 Å². The van der Waals surface area contributed by atoms with Crippen LogP contribution in [0.1, 0.15) is 75.1 Å². The lowest BCUT2D eigenvalue weighted by Crippen LogP contribution is -2.68. The monoisotopic (exact) mass is 955 g/mol. The van der Waals surface area contributed by atoms with Crippen LogP contribution in [0.25, 0.3) is 0 Å². The van der Waals surface area contributed by atoms with Gasteiger partial charge in [-0.2, -0.15) is 0 Å². The highest BCUT2D eigenvalue weighted by Crippen LogP contribution is 2.37. The number of hydrogen-bond donors (Lipinski definition) is 11. The first-order chi connectivity index (χ1) is 30.9. The second kappa shape index (κ2) is 26.8. The predicted octanol–water partition coefficient (Wildman–Crippen LogP) is -2.23. The molecule has 24 heteroatoms. The molecule has 3 saturated heterocycles. The fraction of sp³-hybridized carbons (Fsp3) is 0.780. The highest BCUT2D eigenvalue weighted by Gasteiger charge is 2.54. The standard InChI is InChI=1S/C41H66NO22P/c1-22(46)42-30-33(51)37(63-41-36(54)38(32(50)28(19-44)61-41)64-40-35(53)34(52)31(49)27(18-43)60-40)29(20-45)62-39(30)57-15-9-7-12-24(47)21-58-25-13-10-11-23(17-25)26(48)14-6-4-3-5-8-16-59-65(2,55)56/h10-11,13,17,27-41,43-45,49-54H,3-9,12,14-16,18-21H2,1-2H3,(H,42,46)(H,55,56)/t27?,28?,29?,30?,31-,32-,33+,34-,35?,36?,37+,38-,39+,40+,41-/m0/s1. The Balaban J connectivity index is 1.24. The molecule has 3 heterocycles. The number of unbranched alkanes of at least 4 members (excludes halogenated alkanes) is 5. The molecule has 3 aliphatic rings. The highest BCUT2D eigenvalue weighted by atomic mass is 31.2. The maximum Gasteiger partial charge on any atom is 0.325 e. The smallest absolute Gasteiger partial charge is 0.325 e. The Hall–Kier alpha value is -2.62. The molecule has 16 atom stereocenters. The van der Waals surface area contributed by atoms with Gasteiger partial charge in [-0.15, -0.1) is 0 Å². The second-order valence-electron chi connectivity index (χ2n) is 16.3. The van der Waals surface area contributed by atoms with Crippen molar-refractivity contribution in [2.45, 2.75) is 157 Å². The number of aliphatic hydroxyl groups is 9. The number of rotatable bonds is 27. The van der Waals surface area contributed by atoms with Crippen molar-refractivity contribution in [3.63, 3.8) is 0 Å². The summed E-state index contributed by atoms with van der Waals surface area (Å²) in [5, 5.41) is 96.7. The fourth-order valence-electron chi connectivity index (χ4n) is 7.50. The molecule has 372 valence electrons. The SMILES string of the molecule is CC(=O)NC1[C@H](OCCCCC(=O)COc2cccc(C(=O)CCCCCCCOP(C)(=O)O)c2)OC(CO)[C@@H](O[C@@H]2OC(CO)[C@H](O)[C@H](O[C@H]3OC(CO)[C@H](O)[C@H](O)C3O)C2O)[C@@H]1O. The van der Waals surface area contributed by atoms with E-state index in [0.717, 1.165) is 25.9 Å². The number of carbonyl (C=O) groups is 3. The van der Waals surface area contributed by atoms with Gasteiger partial charge in [-0.25, -0.2) is 0 Å². The molecule has 1 aromatic carbocycles. The van der Waals surface area contributed by atoms with Crippen LogP contribution in [-0.4, -0.2) is 207 Å². The average Bonchev–Trinajstić information content (AvgIpc) is 3.27. The normalized spacial score (nSPS) is 33.8.